The van der Waals surface area contributed by atoms with Crippen LogP contribution < -0.4 is 0 Å². The van der Waals surface area contributed by atoms with Crippen molar-refractivity contribution in [2.24, 2.45) is 0 Å². The smallest absolute Gasteiger partial charge is 0.302 e. The topological polar surface area (TPSA) is 93.1 Å². The Morgan fingerprint density at radius 3 is 1.82 bits per heavy atom. The van der Waals surface area contributed by atoms with E-state index >= 15 is 0 Å². The highest BCUT2D eigenvalue weighted by Gasteiger charge is 2.39. The Hall–Kier alpha value is 1.000. The van der Waals surface area contributed by atoms with Gasteiger partial charge in [-0.2, -0.15) is 4.31 Å². The van der Waals surface area contributed by atoms with Crippen LogP contribution in [0.1, 0.15) is 64.2 Å². The van der Waals surface area contributed by atoms with Crippen molar-refractivity contribution in [2.75, 3.05) is 0 Å². The van der Waals surface area contributed by atoms with Crippen molar-refractivity contribution >= 4 is 38.0 Å². The molecule has 22 heavy (non-hydrogen) atoms. The summed E-state index contributed by atoms with van der Waals surface area (Å²) in [5.74, 6) is 0. The number of hydrogen-bond acceptors (Lipinski definition) is 6. The lowest BCUT2D eigenvalue weighted by molar-refractivity contribution is 0.275. The molecule has 10 heteroatoms. The van der Waals surface area contributed by atoms with E-state index in [0.29, 0.717) is 0 Å². The minimum absolute atomic E-state index is 0.0816. The standard InChI is InChI=1S/C12H24O6P2S2/c13-19(14,15)17-20(16,22-12-9-5-2-6-10-12)18-21-11-7-3-1-4-8-11/h11-12H,1-10H2,(H2,13,14,15). The van der Waals surface area contributed by atoms with Crippen LogP contribution in [0.4, 0.5) is 0 Å². The van der Waals surface area contributed by atoms with Crippen LogP contribution in [-0.4, -0.2) is 20.3 Å². The Morgan fingerprint density at radius 1 is 0.818 bits per heavy atom. The summed E-state index contributed by atoms with van der Waals surface area (Å²) < 4.78 is 33.8. The maximum absolute atomic E-state index is 12.7. The zero-order valence-electron chi connectivity index (χ0n) is 12.5. The average Bonchev–Trinajstić information content (AvgIpc) is 2.45. The molecule has 2 rings (SSSR count). The molecule has 1 unspecified atom stereocenters. The van der Waals surface area contributed by atoms with Crippen molar-refractivity contribution in [2.45, 2.75) is 74.7 Å². The molecule has 2 aliphatic carbocycles. The third kappa shape index (κ3) is 7.27. The summed E-state index contributed by atoms with van der Waals surface area (Å²) in [4.78, 5) is 18.1. The molecule has 130 valence electrons. The molecule has 2 fully saturated rings. The number of hydrogen-bond donors (Lipinski definition) is 2. The van der Waals surface area contributed by atoms with Gasteiger partial charge in [-0.1, -0.05) is 38.5 Å². The van der Waals surface area contributed by atoms with E-state index < -0.39 is 14.6 Å². The fraction of sp³-hybridized carbons (Fsp3) is 1.00. The van der Waals surface area contributed by atoms with E-state index in [0.717, 1.165) is 81.2 Å². The highest BCUT2D eigenvalue weighted by Crippen LogP contribution is 2.72. The maximum atomic E-state index is 12.7. The van der Waals surface area contributed by atoms with Gasteiger partial charge in [-0.3, -0.25) is 0 Å². The molecule has 1 atom stereocenters. The average molecular weight is 390 g/mol. The van der Waals surface area contributed by atoms with E-state index in [1.54, 1.807) is 0 Å². The van der Waals surface area contributed by atoms with Gasteiger partial charge in [0.25, 0.3) is 0 Å². The van der Waals surface area contributed by atoms with E-state index in [4.69, 9.17) is 13.8 Å². The predicted octanol–water partition coefficient (Wildman–Crippen LogP) is 5.27. The van der Waals surface area contributed by atoms with Gasteiger partial charge in [-0.15, -0.1) is 0 Å². The van der Waals surface area contributed by atoms with Crippen LogP contribution in [-0.2, 0) is 17.4 Å². The van der Waals surface area contributed by atoms with Crippen molar-refractivity contribution < 1.29 is 27.2 Å². The molecule has 0 bridgehead atoms. The number of phosphoric acid groups is 1. The molecule has 0 aromatic rings. The summed E-state index contributed by atoms with van der Waals surface area (Å²) in [6.45, 7) is -3.86. The summed E-state index contributed by atoms with van der Waals surface area (Å²) in [6, 6.07) is 0. The summed E-state index contributed by atoms with van der Waals surface area (Å²) in [7, 11) is -4.85. The summed E-state index contributed by atoms with van der Waals surface area (Å²) in [6.07, 6.45) is 10.4. The summed E-state index contributed by atoms with van der Waals surface area (Å²) in [5.41, 5.74) is 0. The molecule has 2 saturated carbocycles. The van der Waals surface area contributed by atoms with Gasteiger partial charge >= 0.3 is 14.6 Å². The van der Waals surface area contributed by atoms with Gasteiger partial charge in [0.1, 0.15) is 0 Å². The Labute approximate surface area is 140 Å². The van der Waals surface area contributed by atoms with Crippen molar-refractivity contribution in [3.05, 3.63) is 0 Å². The normalized spacial score (nSPS) is 25.0. The van der Waals surface area contributed by atoms with Crippen LogP contribution in [0.25, 0.3) is 0 Å². The molecule has 0 spiro atoms. The third-order valence-corrected chi connectivity index (χ3v) is 11.2. The van der Waals surface area contributed by atoms with Crippen molar-refractivity contribution in [3.8, 4) is 0 Å². The Bertz CT molecular complexity index is 431. The molecule has 6 nitrogen and oxygen atoms in total. The Kier molecular flexibility index (Phi) is 7.83. The zero-order chi connectivity index (χ0) is 16.1. The second-order valence-electron chi connectivity index (χ2n) is 5.82. The van der Waals surface area contributed by atoms with Gasteiger partial charge in [0.05, 0.1) is 0 Å². The van der Waals surface area contributed by atoms with E-state index in [1.807, 2.05) is 0 Å². The maximum Gasteiger partial charge on any atom is 0.477 e. The first-order valence-electron chi connectivity index (χ1n) is 7.77. The second kappa shape index (κ2) is 8.91. The molecular weight excluding hydrogens is 366 g/mol. The minimum atomic E-state index is -4.85. The molecular formula is C12H24O6P2S2. The minimum Gasteiger partial charge on any atom is -0.302 e. The molecule has 0 aliphatic heterocycles. The quantitative estimate of drug-likeness (QED) is 0.449. The van der Waals surface area contributed by atoms with Crippen molar-refractivity contribution in [3.63, 3.8) is 0 Å². The third-order valence-electron chi connectivity index (χ3n) is 3.86. The Morgan fingerprint density at radius 2 is 1.32 bits per heavy atom. The summed E-state index contributed by atoms with van der Waals surface area (Å²) in [5, 5.41) is 0.312. The van der Waals surface area contributed by atoms with Gasteiger partial charge in [0.15, 0.2) is 0 Å². The molecule has 0 radical (unpaired) electrons. The van der Waals surface area contributed by atoms with Crippen LogP contribution in [0.15, 0.2) is 0 Å². The van der Waals surface area contributed by atoms with Gasteiger partial charge in [0.2, 0.25) is 0 Å². The lowest BCUT2D eigenvalue weighted by Gasteiger charge is -2.26. The van der Waals surface area contributed by atoms with Crippen molar-refractivity contribution in [1.82, 2.24) is 0 Å². The fourth-order valence-corrected chi connectivity index (χ4v) is 10.3. The highest BCUT2D eigenvalue weighted by atomic mass is 32.7. The lowest BCUT2D eigenvalue weighted by atomic mass is 10.0. The van der Waals surface area contributed by atoms with E-state index in [9.17, 15) is 9.13 Å². The molecule has 0 heterocycles. The van der Waals surface area contributed by atoms with Crippen LogP contribution in [0.5, 0.6) is 0 Å². The first-order valence-corrected chi connectivity index (χ1v) is 13.1. The SMILES string of the molecule is O=P(O)(O)OP(=O)(OSC1CCCCC1)SC1CCCCC1. The molecule has 0 aromatic heterocycles. The number of rotatable bonds is 7. The molecule has 2 aliphatic rings. The highest BCUT2D eigenvalue weighted by molar-refractivity contribution is 8.56. The van der Waals surface area contributed by atoms with Gasteiger partial charge in [-0.25, -0.2) is 13.1 Å². The fourth-order valence-electron chi connectivity index (χ4n) is 2.81. The predicted molar refractivity (Wildman–Crippen MR) is 90.7 cm³/mol. The van der Waals surface area contributed by atoms with Crippen LogP contribution >= 0.6 is 38.0 Å². The monoisotopic (exact) mass is 390 g/mol. The molecule has 0 amide bonds. The van der Waals surface area contributed by atoms with Crippen LogP contribution in [0, 0.1) is 0 Å². The van der Waals surface area contributed by atoms with Gasteiger partial charge in [0, 0.05) is 22.5 Å². The first kappa shape index (κ1) is 19.3. The lowest BCUT2D eigenvalue weighted by Crippen LogP contribution is -2.10. The van der Waals surface area contributed by atoms with E-state index in [-0.39, 0.29) is 10.5 Å². The zero-order valence-corrected chi connectivity index (χ0v) is 15.9. The van der Waals surface area contributed by atoms with Crippen LogP contribution in [0.3, 0.4) is 0 Å². The Balaban J connectivity index is 1.93. The second-order valence-corrected chi connectivity index (χ2v) is 12.7. The van der Waals surface area contributed by atoms with E-state index in [1.165, 1.54) is 6.42 Å². The first-order chi connectivity index (χ1) is 10.4. The van der Waals surface area contributed by atoms with Crippen LogP contribution in [0.2, 0.25) is 0 Å². The largest absolute Gasteiger partial charge is 0.477 e. The van der Waals surface area contributed by atoms with Crippen molar-refractivity contribution in [1.29, 1.82) is 0 Å². The molecule has 0 saturated heterocycles. The van der Waals surface area contributed by atoms with Gasteiger partial charge in [-0.05, 0) is 37.1 Å². The van der Waals surface area contributed by atoms with Gasteiger partial charge < -0.3 is 9.79 Å². The van der Waals surface area contributed by atoms with E-state index in [2.05, 4.69) is 4.31 Å². The summed E-state index contributed by atoms with van der Waals surface area (Å²) >= 11 is 2.06. The molecule has 0 aromatic carbocycles. The molecule has 2 N–H and O–H groups in total.